The van der Waals surface area contributed by atoms with E-state index in [9.17, 15) is 14.4 Å². The molecular formula is C40H50N6O4. The lowest BCUT2D eigenvalue weighted by molar-refractivity contribution is -0.135. The molecular weight excluding hydrogens is 628 g/mol. The summed E-state index contributed by atoms with van der Waals surface area (Å²) in [6.45, 7) is 9.54. The van der Waals surface area contributed by atoms with Gasteiger partial charge in [0.2, 0.25) is 11.8 Å². The van der Waals surface area contributed by atoms with Crippen LogP contribution in [0.4, 0.5) is 4.79 Å². The van der Waals surface area contributed by atoms with Gasteiger partial charge in [-0.25, -0.2) is 9.78 Å². The third kappa shape index (κ3) is 6.40. The number of aromatic amines is 2. The summed E-state index contributed by atoms with van der Waals surface area (Å²) in [5.41, 5.74) is 10.3. The van der Waals surface area contributed by atoms with Gasteiger partial charge in [-0.1, -0.05) is 58.0 Å². The Labute approximate surface area is 294 Å². The highest BCUT2D eigenvalue weighted by atomic mass is 16.5. The molecule has 3 aliphatic rings. The number of aromatic nitrogens is 3. The van der Waals surface area contributed by atoms with Crippen molar-refractivity contribution < 1.29 is 19.1 Å². The fourth-order valence-corrected chi connectivity index (χ4v) is 8.35. The molecule has 10 nitrogen and oxygen atoms in total. The van der Waals surface area contributed by atoms with Crippen LogP contribution in [0.25, 0.3) is 33.4 Å². The Morgan fingerprint density at radius 1 is 0.860 bits per heavy atom. The molecule has 1 aliphatic carbocycles. The van der Waals surface area contributed by atoms with E-state index in [2.05, 4.69) is 71.6 Å². The van der Waals surface area contributed by atoms with Gasteiger partial charge in [-0.15, -0.1) is 0 Å². The minimum Gasteiger partial charge on any atom is -0.453 e. The first-order chi connectivity index (χ1) is 24.1. The molecule has 10 heteroatoms. The van der Waals surface area contributed by atoms with Crippen LogP contribution in [0.15, 0.2) is 42.5 Å². The predicted octanol–water partition coefficient (Wildman–Crippen LogP) is 7.47. The molecule has 0 spiro atoms. The maximum atomic E-state index is 13.8. The third-order valence-corrected chi connectivity index (χ3v) is 10.8. The Morgan fingerprint density at radius 3 is 2.26 bits per heavy atom. The van der Waals surface area contributed by atoms with E-state index in [1.165, 1.54) is 18.2 Å². The standard InChI is InChI=1S/C40H50N6O4/c1-23(2)21-34(47)45-19-8-12-33(45)38-41-30-18-17-27(22-31(30)42-38)25-13-15-26(16-14-25)36-28-9-6-10-29(28)37(43-36)32-11-7-20-46(32)39(48)35(24(3)4)44-40(49)50-5/h13-18,22-24,32-33,35,43H,6-12,19-21H2,1-5H3,(H,41,42)(H,44,49)/t32-,33-,35-/m0/s1. The summed E-state index contributed by atoms with van der Waals surface area (Å²) in [6, 6.07) is 14.4. The second kappa shape index (κ2) is 14.0. The second-order valence-electron chi connectivity index (χ2n) is 15.0. The number of likely N-dealkylation sites (tertiary alicyclic amines) is 2. The minimum absolute atomic E-state index is 0.00592. The van der Waals surface area contributed by atoms with Crippen molar-refractivity contribution in [3.8, 4) is 22.4 Å². The summed E-state index contributed by atoms with van der Waals surface area (Å²) in [7, 11) is 1.32. The first-order valence-corrected chi connectivity index (χ1v) is 18.4. The number of imidazole rings is 1. The quantitative estimate of drug-likeness (QED) is 0.170. The van der Waals surface area contributed by atoms with Crippen LogP contribution in [0.2, 0.25) is 0 Å². The van der Waals surface area contributed by atoms with Gasteiger partial charge in [-0.3, -0.25) is 9.59 Å². The Hall–Kier alpha value is -4.60. The van der Waals surface area contributed by atoms with Crippen LogP contribution in [0.5, 0.6) is 0 Å². The van der Waals surface area contributed by atoms with Crippen molar-refractivity contribution >= 4 is 28.9 Å². The van der Waals surface area contributed by atoms with Crippen LogP contribution in [-0.4, -0.2) is 68.9 Å². The lowest BCUT2D eigenvalue weighted by atomic mass is 9.99. The van der Waals surface area contributed by atoms with Gasteiger partial charge in [-0.2, -0.15) is 0 Å². The lowest BCUT2D eigenvalue weighted by Crippen LogP contribution is -2.51. The van der Waals surface area contributed by atoms with E-state index in [-0.39, 0.29) is 29.8 Å². The van der Waals surface area contributed by atoms with E-state index < -0.39 is 12.1 Å². The molecule has 50 heavy (non-hydrogen) atoms. The van der Waals surface area contributed by atoms with Crippen LogP contribution < -0.4 is 5.32 Å². The van der Waals surface area contributed by atoms with Crippen LogP contribution in [0.3, 0.4) is 0 Å². The molecule has 0 unspecified atom stereocenters. The first kappa shape index (κ1) is 33.9. The second-order valence-corrected chi connectivity index (χ2v) is 15.0. The number of methoxy groups -OCH3 is 1. The molecule has 0 saturated carbocycles. The van der Waals surface area contributed by atoms with Crippen molar-refractivity contribution in [1.82, 2.24) is 30.1 Å². The maximum Gasteiger partial charge on any atom is 0.407 e. The molecule has 0 bridgehead atoms. The number of hydrogen-bond donors (Lipinski definition) is 3. The van der Waals surface area contributed by atoms with Gasteiger partial charge in [-0.05, 0) is 96.7 Å². The van der Waals surface area contributed by atoms with Crippen molar-refractivity contribution in [2.45, 2.75) is 97.2 Å². The summed E-state index contributed by atoms with van der Waals surface area (Å²) in [4.78, 5) is 55.1. The fraction of sp³-hybridized carbons (Fsp3) is 0.500. The molecule has 3 amide bonds. The molecule has 0 radical (unpaired) electrons. The predicted molar refractivity (Wildman–Crippen MR) is 194 cm³/mol. The Kier molecular flexibility index (Phi) is 9.46. The molecule has 2 fully saturated rings. The fourth-order valence-electron chi connectivity index (χ4n) is 8.35. The largest absolute Gasteiger partial charge is 0.453 e. The van der Waals surface area contributed by atoms with Crippen LogP contribution >= 0.6 is 0 Å². The topological polar surface area (TPSA) is 123 Å². The average Bonchev–Trinajstić information content (AvgIpc) is 3.94. The van der Waals surface area contributed by atoms with Gasteiger partial charge < -0.3 is 29.8 Å². The molecule has 2 aromatic carbocycles. The normalized spacial score (nSPS) is 19.5. The zero-order valence-corrected chi connectivity index (χ0v) is 30.0. The molecule has 4 aromatic rings. The summed E-state index contributed by atoms with van der Waals surface area (Å²) < 4.78 is 4.82. The monoisotopic (exact) mass is 678 g/mol. The Morgan fingerprint density at radius 2 is 1.54 bits per heavy atom. The number of amides is 3. The number of alkyl carbamates (subject to hydrolysis) is 1. The first-order valence-electron chi connectivity index (χ1n) is 18.4. The van der Waals surface area contributed by atoms with Gasteiger partial charge >= 0.3 is 6.09 Å². The number of nitrogens with zero attached hydrogens (tertiary/aromatic N) is 3. The summed E-state index contributed by atoms with van der Waals surface area (Å²) >= 11 is 0. The summed E-state index contributed by atoms with van der Waals surface area (Å²) in [5.74, 6) is 1.31. The highest BCUT2D eigenvalue weighted by Crippen LogP contribution is 2.42. The van der Waals surface area contributed by atoms with Crippen molar-refractivity contribution in [2.75, 3.05) is 20.2 Å². The van der Waals surface area contributed by atoms with Crippen molar-refractivity contribution in [2.24, 2.45) is 11.8 Å². The smallest absolute Gasteiger partial charge is 0.407 e. The number of fused-ring (bicyclic) bond motifs is 2. The number of ether oxygens (including phenoxy) is 1. The van der Waals surface area contributed by atoms with Crippen molar-refractivity contribution in [3.63, 3.8) is 0 Å². The van der Waals surface area contributed by atoms with Crippen molar-refractivity contribution in [1.29, 1.82) is 0 Å². The van der Waals surface area contributed by atoms with E-state index in [4.69, 9.17) is 9.72 Å². The molecule has 3 N–H and O–H groups in total. The van der Waals surface area contributed by atoms with Gasteiger partial charge in [0.05, 0.1) is 30.2 Å². The maximum absolute atomic E-state index is 13.8. The summed E-state index contributed by atoms with van der Waals surface area (Å²) in [5, 5.41) is 2.77. The van der Waals surface area contributed by atoms with Gasteiger partial charge in [0.25, 0.3) is 0 Å². The van der Waals surface area contributed by atoms with Gasteiger partial charge in [0, 0.05) is 30.9 Å². The lowest BCUT2D eigenvalue weighted by Gasteiger charge is -2.31. The number of H-pyrrole nitrogens is 2. The minimum atomic E-state index is -0.637. The van der Waals surface area contributed by atoms with E-state index in [0.717, 1.165) is 96.4 Å². The number of carbonyl (C=O) groups is 3. The van der Waals surface area contributed by atoms with E-state index in [1.807, 2.05) is 23.6 Å². The number of hydrogen-bond acceptors (Lipinski definition) is 5. The molecule has 264 valence electrons. The third-order valence-electron chi connectivity index (χ3n) is 10.8. The summed E-state index contributed by atoms with van der Waals surface area (Å²) in [6.07, 6.45) is 6.86. The van der Waals surface area contributed by atoms with Crippen LogP contribution in [-0.2, 0) is 27.2 Å². The van der Waals surface area contributed by atoms with Crippen molar-refractivity contribution in [3.05, 3.63) is 65.1 Å². The number of benzene rings is 2. The van der Waals surface area contributed by atoms with Gasteiger partial charge in [0.1, 0.15) is 11.9 Å². The molecule has 2 aliphatic heterocycles. The molecule has 3 atom stereocenters. The van der Waals surface area contributed by atoms with E-state index >= 15 is 0 Å². The van der Waals surface area contributed by atoms with Crippen LogP contribution in [0.1, 0.15) is 101 Å². The highest BCUT2D eigenvalue weighted by molar-refractivity contribution is 5.87. The molecule has 2 saturated heterocycles. The number of carbonyl (C=O) groups excluding carboxylic acids is 3. The highest BCUT2D eigenvalue weighted by Gasteiger charge is 2.39. The Balaban J connectivity index is 1.12. The SMILES string of the molecule is COC(=O)N[C@H](C(=O)N1CCC[C@H]1c1[nH]c(-c2ccc(-c3ccc4nc([C@@H]5CCCN5C(=O)CC(C)C)[nH]c4c3)cc2)c2c1CCC2)C(C)C. The number of rotatable bonds is 9. The van der Waals surface area contributed by atoms with Gasteiger partial charge in [0.15, 0.2) is 0 Å². The zero-order valence-electron chi connectivity index (χ0n) is 30.0. The average molecular weight is 679 g/mol. The molecule has 2 aromatic heterocycles. The Bertz CT molecular complexity index is 1890. The van der Waals surface area contributed by atoms with Crippen LogP contribution in [0, 0.1) is 11.8 Å². The zero-order chi connectivity index (χ0) is 35.1. The van der Waals surface area contributed by atoms with E-state index in [0.29, 0.717) is 18.9 Å². The molecule has 7 rings (SSSR count). The number of nitrogens with one attached hydrogen (secondary N) is 3. The molecule has 4 heterocycles. The van der Waals surface area contributed by atoms with E-state index in [1.54, 1.807) is 0 Å².